The van der Waals surface area contributed by atoms with Crippen molar-refractivity contribution in [2.75, 3.05) is 12.4 Å². The van der Waals surface area contributed by atoms with E-state index in [-0.39, 0.29) is 17.9 Å². The van der Waals surface area contributed by atoms with Gasteiger partial charge < -0.3 is 20.2 Å². The number of rotatable bonds is 5. The van der Waals surface area contributed by atoms with Gasteiger partial charge in [-0.05, 0) is 30.2 Å². The molecule has 0 fully saturated rings. The van der Waals surface area contributed by atoms with Crippen LogP contribution in [-0.2, 0) is 11.8 Å². The Labute approximate surface area is 169 Å². The van der Waals surface area contributed by atoms with Crippen molar-refractivity contribution in [3.8, 4) is 11.3 Å². The molecule has 7 nitrogen and oxygen atoms in total. The van der Waals surface area contributed by atoms with Crippen LogP contribution in [-0.4, -0.2) is 32.5 Å². The van der Waals surface area contributed by atoms with Crippen molar-refractivity contribution in [2.45, 2.75) is 26.8 Å². The van der Waals surface area contributed by atoms with Crippen LogP contribution in [0.4, 0.5) is 5.82 Å². The van der Waals surface area contributed by atoms with Crippen molar-refractivity contribution >= 4 is 33.8 Å². The van der Waals surface area contributed by atoms with E-state index in [0.29, 0.717) is 0 Å². The zero-order chi connectivity index (χ0) is 20.7. The first-order chi connectivity index (χ1) is 13.9. The summed E-state index contributed by atoms with van der Waals surface area (Å²) in [6, 6.07) is 10.3. The molecule has 1 atom stereocenters. The molecule has 0 aliphatic carbocycles. The van der Waals surface area contributed by atoms with Gasteiger partial charge in [0, 0.05) is 31.1 Å². The Morgan fingerprint density at radius 1 is 1.21 bits per heavy atom. The van der Waals surface area contributed by atoms with Crippen molar-refractivity contribution < 1.29 is 4.79 Å². The predicted octanol–water partition coefficient (Wildman–Crippen LogP) is 3.99. The normalized spacial score (nSPS) is 12.6. The van der Waals surface area contributed by atoms with Gasteiger partial charge in [-0.2, -0.15) is 0 Å². The molecule has 1 amide bonds. The maximum Gasteiger partial charge on any atom is 0.223 e. The molecule has 7 heteroatoms. The number of nitrogens with zero attached hydrogens (tertiary/aromatic N) is 3. The number of aryl methyl sites for hydroxylation is 1. The number of aromatic amines is 1. The number of nitrogens with one attached hydrogen (secondary N) is 3. The largest absolute Gasteiger partial charge is 0.371 e. The molecule has 4 aromatic rings. The van der Waals surface area contributed by atoms with Crippen molar-refractivity contribution in [1.82, 2.24) is 24.8 Å². The molecule has 4 rings (SSSR count). The summed E-state index contributed by atoms with van der Waals surface area (Å²) >= 11 is 0. The van der Waals surface area contributed by atoms with Crippen LogP contribution in [0.5, 0.6) is 0 Å². The van der Waals surface area contributed by atoms with Gasteiger partial charge in [-0.1, -0.05) is 32.0 Å². The van der Waals surface area contributed by atoms with Gasteiger partial charge in [-0.25, -0.2) is 9.97 Å². The third-order valence-electron chi connectivity index (χ3n) is 5.25. The van der Waals surface area contributed by atoms with E-state index in [1.54, 1.807) is 6.33 Å². The highest BCUT2D eigenvalue weighted by atomic mass is 16.1. The topological polar surface area (TPSA) is 87.6 Å². The average Bonchev–Trinajstić information content (AvgIpc) is 3.30. The van der Waals surface area contributed by atoms with Gasteiger partial charge in [0.2, 0.25) is 5.91 Å². The number of amides is 1. The van der Waals surface area contributed by atoms with Crippen molar-refractivity contribution in [3.63, 3.8) is 0 Å². The average molecular weight is 390 g/mol. The molecule has 3 aromatic heterocycles. The van der Waals surface area contributed by atoms with Gasteiger partial charge in [-0.3, -0.25) is 4.79 Å². The lowest BCUT2D eigenvalue weighted by atomic mass is 10.0. The van der Waals surface area contributed by atoms with E-state index in [0.717, 1.165) is 44.7 Å². The third-order valence-corrected chi connectivity index (χ3v) is 5.25. The number of imidazole rings is 1. The van der Waals surface area contributed by atoms with Crippen LogP contribution >= 0.6 is 0 Å². The molecule has 1 unspecified atom stereocenters. The summed E-state index contributed by atoms with van der Waals surface area (Å²) in [5.41, 5.74) is 5.79. The smallest absolute Gasteiger partial charge is 0.223 e. The zero-order valence-corrected chi connectivity index (χ0v) is 17.4. The van der Waals surface area contributed by atoms with E-state index in [9.17, 15) is 4.79 Å². The first-order valence-corrected chi connectivity index (χ1v) is 9.81. The Hall–Kier alpha value is -3.35. The maximum absolute atomic E-state index is 12.1. The molecule has 3 N–H and O–H groups in total. The second-order valence-electron chi connectivity index (χ2n) is 7.72. The minimum atomic E-state index is -0.0629. The summed E-state index contributed by atoms with van der Waals surface area (Å²) in [5, 5.41) is 7.22. The zero-order valence-electron chi connectivity index (χ0n) is 17.4. The molecule has 0 spiro atoms. The standard InChI is InChI=1S/C22H26N6O/c1-12(2)22(29)25-13(3)14-7-6-8-15(9-14)17-10-16-19-18(24-11-28(19)5)21(23-4)27-20(16)26-17/h6-13H,1-5H3,(H,25,29)(H2,23,26,27). The molecule has 0 radical (unpaired) electrons. The van der Waals surface area contributed by atoms with Crippen LogP contribution in [0.1, 0.15) is 32.4 Å². The van der Waals surface area contributed by atoms with E-state index in [4.69, 9.17) is 4.98 Å². The molecule has 150 valence electrons. The van der Waals surface area contributed by atoms with E-state index < -0.39 is 0 Å². The van der Waals surface area contributed by atoms with Gasteiger partial charge >= 0.3 is 0 Å². The summed E-state index contributed by atoms with van der Waals surface area (Å²) in [5.74, 6) is 0.763. The molecule has 0 saturated carbocycles. The van der Waals surface area contributed by atoms with Gasteiger partial charge in [-0.15, -0.1) is 0 Å². The van der Waals surface area contributed by atoms with Crippen LogP contribution in [0.2, 0.25) is 0 Å². The molecule has 3 heterocycles. The van der Waals surface area contributed by atoms with Crippen molar-refractivity contribution in [2.24, 2.45) is 13.0 Å². The minimum Gasteiger partial charge on any atom is -0.371 e. The minimum absolute atomic E-state index is 0.0388. The molecular formula is C22H26N6O. The number of carbonyl (C=O) groups is 1. The Bertz CT molecular complexity index is 1200. The highest BCUT2D eigenvalue weighted by molar-refractivity contribution is 6.07. The number of carbonyl (C=O) groups excluding carboxylic acids is 1. The number of aromatic nitrogens is 4. The molecule has 0 aliphatic rings. The van der Waals surface area contributed by atoms with E-state index in [2.05, 4.69) is 38.8 Å². The second kappa shape index (κ2) is 7.24. The summed E-state index contributed by atoms with van der Waals surface area (Å²) in [6.45, 7) is 5.80. The van der Waals surface area contributed by atoms with E-state index >= 15 is 0 Å². The van der Waals surface area contributed by atoms with Crippen LogP contribution < -0.4 is 10.6 Å². The molecule has 0 aliphatic heterocycles. The first kappa shape index (κ1) is 19.0. The summed E-state index contributed by atoms with van der Waals surface area (Å²) in [7, 11) is 3.84. The number of fused-ring (bicyclic) bond motifs is 3. The summed E-state index contributed by atoms with van der Waals surface area (Å²) < 4.78 is 2.01. The van der Waals surface area contributed by atoms with Gasteiger partial charge in [0.15, 0.2) is 5.82 Å². The summed E-state index contributed by atoms with van der Waals surface area (Å²) in [6.07, 6.45) is 1.80. The fraction of sp³-hybridized carbons (Fsp3) is 0.318. The Morgan fingerprint density at radius 2 is 2.00 bits per heavy atom. The van der Waals surface area contributed by atoms with Crippen LogP contribution in [0.25, 0.3) is 33.3 Å². The fourth-order valence-corrected chi connectivity index (χ4v) is 3.57. The molecule has 0 bridgehead atoms. The highest BCUT2D eigenvalue weighted by Gasteiger charge is 2.16. The van der Waals surface area contributed by atoms with E-state index in [1.165, 1.54) is 0 Å². The molecule has 29 heavy (non-hydrogen) atoms. The summed E-state index contributed by atoms with van der Waals surface area (Å²) in [4.78, 5) is 24.7. The van der Waals surface area contributed by atoms with Crippen LogP contribution in [0.3, 0.4) is 0 Å². The predicted molar refractivity (Wildman–Crippen MR) is 117 cm³/mol. The van der Waals surface area contributed by atoms with Crippen molar-refractivity contribution in [3.05, 3.63) is 42.2 Å². The first-order valence-electron chi connectivity index (χ1n) is 9.81. The number of hydrogen-bond acceptors (Lipinski definition) is 4. The van der Waals surface area contributed by atoms with Crippen LogP contribution in [0, 0.1) is 5.92 Å². The third kappa shape index (κ3) is 3.33. The quantitative estimate of drug-likeness (QED) is 0.481. The van der Waals surface area contributed by atoms with Gasteiger partial charge in [0.1, 0.15) is 11.2 Å². The van der Waals surface area contributed by atoms with E-state index in [1.807, 2.05) is 51.6 Å². The highest BCUT2D eigenvalue weighted by Crippen LogP contribution is 2.32. The number of benzene rings is 1. The van der Waals surface area contributed by atoms with Crippen molar-refractivity contribution in [1.29, 1.82) is 0 Å². The fourth-order valence-electron chi connectivity index (χ4n) is 3.57. The molecular weight excluding hydrogens is 364 g/mol. The lowest BCUT2D eigenvalue weighted by Gasteiger charge is -2.16. The molecule has 1 aromatic carbocycles. The second-order valence-corrected chi connectivity index (χ2v) is 7.72. The van der Waals surface area contributed by atoms with Crippen LogP contribution in [0.15, 0.2) is 36.7 Å². The van der Waals surface area contributed by atoms with Gasteiger partial charge in [0.25, 0.3) is 0 Å². The lowest BCUT2D eigenvalue weighted by Crippen LogP contribution is -2.30. The molecule has 0 saturated heterocycles. The van der Waals surface area contributed by atoms with Gasteiger partial charge in [0.05, 0.1) is 17.9 Å². The SMILES string of the molecule is CNc1nc2[nH]c(-c3cccc(C(C)NC(=O)C(C)C)c3)cc2c2c1ncn2C. The number of H-pyrrole nitrogens is 1. The Kier molecular flexibility index (Phi) is 4.74. The Morgan fingerprint density at radius 3 is 2.72 bits per heavy atom. The Balaban J connectivity index is 1.76. The number of anilines is 1. The number of pyridine rings is 1. The number of hydrogen-bond donors (Lipinski definition) is 3. The monoisotopic (exact) mass is 390 g/mol. The maximum atomic E-state index is 12.1. The lowest BCUT2D eigenvalue weighted by molar-refractivity contribution is -0.124.